The molecular weight excluding hydrogens is 154 g/mol. The highest BCUT2D eigenvalue weighted by Gasteiger charge is 2.05. The lowest BCUT2D eigenvalue weighted by Gasteiger charge is -2.16. The molecule has 0 aromatic heterocycles. The van der Waals surface area contributed by atoms with Crippen LogP contribution in [0.4, 0.5) is 0 Å². The zero-order chi connectivity index (χ0) is 8.97. The summed E-state index contributed by atoms with van der Waals surface area (Å²) in [6, 6.07) is 0. The second-order valence-corrected chi connectivity index (χ2v) is 2.79. The van der Waals surface area contributed by atoms with E-state index in [1.165, 1.54) is 7.11 Å². The fourth-order valence-corrected chi connectivity index (χ4v) is 0.983. The highest BCUT2D eigenvalue weighted by molar-refractivity contribution is 5.73. The van der Waals surface area contributed by atoms with E-state index < -0.39 is 0 Å². The van der Waals surface area contributed by atoms with Crippen LogP contribution in [0.25, 0.3) is 0 Å². The van der Waals surface area contributed by atoms with Gasteiger partial charge in [-0.1, -0.05) is 6.08 Å². The number of carbonyl (C=O) groups excluding carboxylic acids is 1. The van der Waals surface area contributed by atoms with Gasteiger partial charge in [0.2, 0.25) is 0 Å². The van der Waals surface area contributed by atoms with Crippen LogP contribution in [0.1, 0.15) is 6.42 Å². The van der Waals surface area contributed by atoms with Crippen molar-refractivity contribution < 1.29 is 9.53 Å². The molecule has 0 N–H and O–H groups in total. The summed E-state index contributed by atoms with van der Waals surface area (Å²) in [5.74, 6) is -0.185. The summed E-state index contributed by atoms with van der Waals surface area (Å²) in [7, 11) is 3.39. The van der Waals surface area contributed by atoms with Crippen molar-refractivity contribution in [3.8, 4) is 0 Å². The first-order valence-electron chi connectivity index (χ1n) is 3.86. The van der Waals surface area contributed by atoms with Gasteiger partial charge in [-0.2, -0.15) is 0 Å². The third-order valence-electron chi connectivity index (χ3n) is 1.76. The van der Waals surface area contributed by atoms with Crippen LogP contribution in [0.15, 0.2) is 23.9 Å². The number of esters is 1. The highest BCUT2D eigenvalue weighted by atomic mass is 16.5. The molecule has 0 aliphatic carbocycles. The Morgan fingerprint density at radius 1 is 1.75 bits per heavy atom. The normalized spacial score (nSPS) is 15.8. The topological polar surface area (TPSA) is 29.5 Å². The van der Waals surface area contributed by atoms with Crippen molar-refractivity contribution in [1.82, 2.24) is 4.90 Å². The molecular formula is C9H13NO2. The summed E-state index contributed by atoms with van der Waals surface area (Å²) < 4.78 is 4.55. The monoisotopic (exact) mass is 167 g/mol. The molecule has 0 radical (unpaired) electrons. The third kappa shape index (κ3) is 2.42. The van der Waals surface area contributed by atoms with Gasteiger partial charge < -0.3 is 9.64 Å². The Hall–Kier alpha value is -1.25. The number of hydrogen-bond acceptors (Lipinski definition) is 3. The minimum atomic E-state index is -0.185. The van der Waals surface area contributed by atoms with E-state index in [9.17, 15) is 4.79 Å². The van der Waals surface area contributed by atoms with Crippen LogP contribution >= 0.6 is 0 Å². The Morgan fingerprint density at radius 2 is 2.50 bits per heavy atom. The van der Waals surface area contributed by atoms with Gasteiger partial charge >= 0.3 is 5.97 Å². The molecule has 0 amide bonds. The van der Waals surface area contributed by atoms with Crippen LogP contribution in [0, 0.1) is 0 Å². The Kier molecular flexibility index (Phi) is 2.91. The minimum absolute atomic E-state index is 0.185. The van der Waals surface area contributed by atoms with Gasteiger partial charge in [0.1, 0.15) is 0 Å². The lowest BCUT2D eigenvalue weighted by atomic mass is 10.1. The number of hydrogen-bond donors (Lipinski definition) is 0. The van der Waals surface area contributed by atoms with E-state index in [0.717, 1.165) is 12.1 Å². The molecule has 0 aromatic carbocycles. The first-order chi connectivity index (χ1) is 5.72. The Balaban J connectivity index is 2.45. The number of likely N-dealkylation sites (N-methyl/N-ethyl adjacent to an activating group) is 1. The molecule has 1 heterocycles. The molecule has 66 valence electrons. The van der Waals surface area contributed by atoms with Gasteiger partial charge in [0, 0.05) is 13.6 Å². The molecule has 3 nitrogen and oxygen atoms in total. The first kappa shape index (κ1) is 8.84. The molecule has 0 unspecified atom stereocenters. The lowest BCUT2D eigenvalue weighted by molar-refractivity contribution is -0.139. The van der Waals surface area contributed by atoms with Gasteiger partial charge in [-0.05, 0) is 17.8 Å². The summed E-state index contributed by atoms with van der Waals surface area (Å²) in [5, 5.41) is 0. The number of methoxy groups -OCH3 is 1. The molecule has 3 heteroatoms. The fourth-order valence-electron chi connectivity index (χ4n) is 0.983. The zero-order valence-corrected chi connectivity index (χ0v) is 7.41. The SMILES string of the molecule is COC(=O)CC1=CCN(C)C=C1. The van der Waals surface area contributed by atoms with E-state index in [0.29, 0.717) is 6.42 Å². The smallest absolute Gasteiger partial charge is 0.309 e. The number of allylic oxidation sites excluding steroid dienone is 1. The van der Waals surface area contributed by atoms with Crippen molar-refractivity contribution in [2.75, 3.05) is 20.7 Å². The van der Waals surface area contributed by atoms with E-state index in [2.05, 4.69) is 4.74 Å². The Labute approximate surface area is 72.3 Å². The maximum absolute atomic E-state index is 10.9. The molecule has 0 spiro atoms. The molecule has 1 rings (SSSR count). The average molecular weight is 167 g/mol. The maximum atomic E-state index is 10.9. The van der Waals surface area contributed by atoms with Crippen LogP contribution in [0.5, 0.6) is 0 Å². The van der Waals surface area contributed by atoms with Crippen molar-refractivity contribution >= 4 is 5.97 Å². The van der Waals surface area contributed by atoms with Crippen molar-refractivity contribution in [1.29, 1.82) is 0 Å². The van der Waals surface area contributed by atoms with Crippen molar-refractivity contribution in [3.05, 3.63) is 23.9 Å². The minimum Gasteiger partial charge on any atom is -0.469 e. The third-order valence-corrected chi connectivity index (χ3v) is 1.76. The quantitative estimate of drug-likeness (QED) is 0.573. The Morgan fingerprint density at radius 3 is 3.00 bits per heavy atom. The fraction of sp³-hybridized carbons (Fsp3) is 0.444. The molecule has 0 aromatic rings. The van der Waals surface area contributed by atoms with Crippen LogP contribution in [-0.4, -0.2) is 31.6 Å². The summed E-state index contributed by atoms with van der Waals surface area (Å²) in [6.07, 6.45) is 6.29. The van der Waals surface area contributed by atoms with E-state index in [4.69, 9.17) is 0 Å². The van der Waals surface area contributed by atoms with Crippen LogP contribution in [-0.2, 0) is 9.53 Å². The van der Waals surface area contributed by atoms with Gasteiger partial charge in [0.05, 0.1) is 13.5 Å². The summed E-state index contributed by atoms with van der Waals surface area (Å²) >= 11 is 0. The van der Waals surface area contributed by atoms with Crippen LogP contribution in [0.3, 0.4) is 0 Å². The molecule has 1 aliphatic heterocycles. The number of carbonyl (C=O) groups is 1. The van der Waals surface area contributed by atoms with Crippen molar-refractivity contribution in [2.45, 2.75) is 6.42 Å². The molecule has 12 heavy (non-hydrogen) atoms. The van der Waals surface area contributed by atoms with Crippen LogP contribution < -0.4 is 0 Å². The number of nitrogens with zero attached hydrogens (tertiary/aromatic N) is 1. The largest absolute Gasteiger partial charge is 0.469 e. The van der Waals surface area contributed by atoms with Gasteiger partial charge in [0.25, 0.3) is 0 Å². The zero-order valence-electron chi connectivity index (χ0n) is 7.41. The molecule has 0 bridgehead atoms. The van der Waals surface area contributed by atoms with E-state index >= 15 is 0 Å². The molecule has 1 aliphatic rings. The molecule has 0 saturated heterocycles. The highest BCUT2D eigenvalue weighted by Crippen LogP contribution is 2.09. The standard InChI is InChI=1S/C9H13NO2/c1-10-5-3-8(4-6-10)7-9(11)12-2/h3-5H,6-7H2,1-2H3. The second kappa shape index (κ2) is 3.95. The molecule has 0 atom stereocenters. The van der Waals surface area contributed by atoms with Gasteiger partial charge in [-0.3, -0.25) is 4.79 Å². The predicted octanol–water partition coefficient (Wildman–Crippen LogP) is 0.935. The predicted molar refractivity (Wildman–Crippen MR) is 46.5 cm³/mol. The van der Waals surface area contributed by atoms with Gasteiger partial charge in [-0.25, -0.2) is 0 Å². The van der Waals surface area contributed by atoms with E-state index in [1.54, 1.807) is 0 Å². The first-order valence-corrected chi connectivity index (χ1v) is 3.86. The van der Waals surface area contributed by atoms with Gasteiger partial charge in [0.15, 0.2) is 0 Å². The van der Waals surface area contributed by atoms with Crippen molar-refractivity contribution in [2.24, 2.45) is 0 Å². The average Bonchev–Trinajstić information content (AvgIpc) is 2.09. The van der Waals surface area contributed by atoms with Gasteiger partial charge in [-0.15, -0.1) is 0 Å². The van der Waals surface area contributed by atoms with Crippen LogP contribution in [0.2, 0.25) is 0 Å². The maximum Gasteiger partial charge on any atom is 0.309 e. The summed E-state index contributed by atoms with van der Waals surface area (Å²) in [5.41, 5.74) is 1.03. The summed E-state index contributed by atoms with van der Waals surface area (Å²) in [6.45, 7) is 0.864. The number of rotatable bonds is 2. The second-order valence-electron chi connectivity index (χ2n) is 2.79. The lowest BCUT2D eigenvalue weighted by Crippen LogP contribution is -2.14. The van der Waals surface area contributed by atoms with E-state index in [-0.39, 0.29) is 5.97 Å². The van der Waals surface area contributed by atoms with E-state index in [1.807, 2.05) is 30.3 Å². The molecule has 0 fully saturated rings. The number of ether oxygens (including phenoxy) is 1. The Bertz CT molecular complexity index is 231. The molecule has 0 saturated carbocycles. The summed E-state index contributed by atoms with van der Waals surface area (Å²) in [4.78, 5) is 12.9. The van der Waals surface area contributed by atoms with Crippen molar-refractivity contribution in [3.63, 3.8) is 0 Å².